The maximum absolute atomic E-state index is 6.05. The van der Waals surface area contributed by atoms with Gasteiger partial charge >= 0.3 is 0 Å². The van der Waals surface area contributed by atoms with Crippen LogP contribution in [0.2, 0.25) is 5.02 Å². The van der Waals surface area contributed by atoms with Gasteiger partial charge in [0.1, 0.15) is 11.4 Å². The summed E-state index contributed by atoms with van der Waals surface area (Å²) in [5, 5.41) is 0.644. The first kappa shape index (κ1) is 9.81. The average molecular weight is 212 g/mol. The van der Waals surface area contributed by atoms with Crippen LogP contribution in [-0.4, -0.2) is 5.60 Å². The Kier molecular flexibility index (Phi) is 2.20. The molecule has 1 atom stereocenters. The lowest BCUT2D eigenvalue weighted by Crippen LogP contribution is -2.37. The predicted octanol–water partition coefficient (Wildman–Crippen LogP) is 2.90. The number of hydrogen-bond acceptors (Lipinski definition) is 2. The van der Waals surface area contributed by atoms with Gasteiger partial charge in [-0.2, -0.15) is 0 Å². The molecule has 0 fully saturated rings. The van der Waals surface area contributed by atoms with Crippen LogP contribution in [0.15, 0.2) is 18.2 Å². The molecule has 0 spiro atoms. The van der Waals surface area contributed by atoms with Crippen molar-refractivity contribution in [3.05, 3.63) is 28.8 Å². The van der Waals surface area contributed by atoms with E-state index in [0.717, 1.165) is 17.7 Å². The number of rotatable bonds is 0. The Bertz CT molecular complexity index is 362. The van der Waals surface area contributed by atoms with E-state index in [1.165, 1.54) is 0 Å². The lowest BCUT2D eigenvalue weighted by Gasteiger charge is -2.36. The number of halogens is 1. The van der Waals surface area contributed by atoms with Gasteiger partial charge in [-0.15, -0.1) is 0 Å². The van der Waals surface area contributed by atoms with E-state index >= 15 is 0 Å². The molecule has 0 saturated carbocycles. The summed E-state index contributed by atoms with van der Waals surface area (Å²) in [6.45, 7) is 4.05. The summed E-state index contributed by atoms with van der Waals surface area (Å²) < 4.78 is 5.81. The van der Waals surface area contributed by atoms with Gasteiger partial charge < -0.3 is 10.5 Å². The van der Waals surface area contributed by atoms with Crippen LogP contribution in [0.1, 0.15) is 31.9 Å². The van der Waals surface area contributed by atoms with Crippen LogP contribution >= 0.6 is 11.6 Å². The quantitative estimate of drug-likeness (QED) is 0.716. The van der Waals surface area contributed by atoms with Gasteiger partial charge in [-0.25, -0.2) is 0 Å². The third-order valence-electron chi connectivity index (χ3n) is 2.49. The Morgan fingerprint density at radius 2 is 2.21 bits per heavy atom. The average Bonchev–Trinajstić information content (AvgIpc) is 2.05. The molecule has 0 bridgehead atoms. The summed E-state index contributed by atoms with van der Waals surface area (Å²) in [6.07, 6.45) is 0.820. The Labute approximate surface area is 89.0 Å². The van der Waals surface area contributed by atoms with Gasteiger partial charge in [0.25, 0.3) is 0 Å². The van der Waals surface area contributed by atoms with Gasteiger partial charge in [0, 0.05) is 18.0 Å². The normalized spacial score (nSPS) is 23.9. The standard InChI is InChI=1S/C11H14ClNO/c1-11(2)6-9(13)7-4-3-5-8(12)10(7)14-11/h3-5,9H,6,13H2,1-2H3. The van der Waals surface area contributed by atoms with E-state index in [9.17, 15) is 0 Å². The molecule has 0 saturated heterocycles. The Morgan fingerprint density at radius 1 is 1.50 bits per heavy atom. The molecule has 0 amide bonds. The van der Waals surface area contributed by atoms with Gasteiger partial charge in [0.2, 0.25) is 0 Å². The second-order valence-corrected chi connectivity index (χ2v) is 4.74. The summed E-state index contributed by atoms with van der Waals surface area (Å²) in [6, 6.07) is 5.73. The maximum Gasteiger partial charge on any atom is 0.143 e. The van der Waals surface area contributed by atoms with Gasteiger partial charge in [0.15, 0.2) is 0 Å². The Hall–Kier alpha value is -0.730. The minimum atomic E-state index is -0.225. The van der Waals surface area contributed by atoms with Crippen molar-refractivity contribution >= 4 is 11.6 Å². The minimum Gasteiger partial charge on any atom is -0.486 e. The van der Waals surface area contributed by atoms with Crippen molar-refractivity contribution in [2.24, 2.45) is 5.73 Å². The maximum atomic E-state index is 6.05. The molecule has 0 aromatic heterocycles. The number of para-hydroxylation sites is 1. The van der Waals surface area contributed by atoms with E-state index in [1.807, 2.05) is 32.0 Å². The summed E-state index contributed by atoms with van der Waals surface area (Å²) >= 11 is 6.05. The van der Waals surface area contributed by atoms with Crippen molar-refractivity contribution in [3.63, 3.8) is 0 Å². The number of benzene rings is 1. The van der Waals surface area contributed by atoms with Crippen LogP contribution in [-0.2, 0) is 0 Å². The monoisotopic (exact) mass is 211 g/mol. The third kappa shape index (κ3) is 1.60. The molecular formula is C11H14ClNO. The first-order valence-electron chi connectivity index (χ1n) is 4.73. The lowest BCUT2D eigenvalue weighted by molar-refractivity contribution is 0.0730. The third-order valence-corrected chi connectivity index (χ3v) is 2.78. The van der Waals surface area contributed by atoms with Crippen LogP contribution in [0.25, 0.3) is 0 Å². The van der Waals surface area contributed by atoms with Crippen LogP contribution in [0.4, 0.5) is 0 Å². The van der Waals surface area contributed by atoms with E-state index in [-0.39, 0.29) is 11.6 Å². The number of hydrogen-bond donors (Lipinski definition) is 1. The molecule has 1 aromatic rings. The Morgan fingerprint density at radius 3 is 2.93 bits per heavy atom. The molecule has 3 heteroatoms. The summed E-state index contributed by atoms with van der Waals surface area (Å²) in [7, 11) is 0. The molecule has 0 radical (unpaired) electrons. The van der Waals surface area contributed by atoms with E-state index in [4.69, 9.17) is 22.1 Å². The molecule has 2 N–H and O–H groups in total. The molecular weight excluding hydrogens is 198 g/mol. The zero-order valence-corrected chi connectivity index (χ0v) is 9.14. The molecule has 76 valence electrons. The van der Waals surface area contributed by atoms with Gasteiger partial charge in [0.05, 0.1) is 5.02 Å². The van der Waals surface area contributed by atoms with Gasteiger partial charge in [-0.1, -0.05) is 23.7 Å². The van der Waals surface area contributed by atoms with E-state index in [1.54, 1.807) is 0 Å². The summed E-state index contributed by atoms with van der Waals surface area (Å²) in [5.74, 6) is 0.748. The fraction of sp³-hybridized carbons (Fsp3) is 0.455. The van der Waals surface area contributed by atoms with Crippen molar-refractivity contribution in [3.8, 4) is 5.75 Å². The molecule has 2 nitrogen and oxygen atoms in total. The fourth-order valence-corrected chi connectivity index (χ4v) is 2.10. The van der Waals surface area contributed by atoms with Crippen LogP contribution in [0.5, 0.6) is 5.75 Å². The highest BCUT2D eigenvalue weighted by Crippen LogP contribution is 2.42. The molecule has 2 rings (SSSR count). The van der Waals surface area contributed by atoms with Crippen molar-refractivity contribution in [2.75, 3.05) is 0 Å². The Balaban J connectivity index is 2.51. The number of nitrogens with two attached hydrogens (primary N) is 1. The first-order valence-corrected chi connectivity index (χ1v) is 5.10. The second kappa shape index (κ2) is 3.14. The van der Waals surface area contributed by atoms with E-state index < -0.39 is 0 Å². The molecule has 1 heterocycles. The van der Waals surface area contributed by atoms with E-state index in [2.05, 4.69) is 0 Å². The van der Waals surface area contributed by atoms with Crippen LogP contribution in [0.3, 0.4) is 0 Å². The van der Waals surface area contributed by atoms with Crippen molar-refractivity contribution < 1.29 is 4.74 Å². The zero-order chi connectivity index (χ0) is 10.3. The molecule has 1 unspecified atom stereocenters. The topological polar surface area (TPSA) is 35.2 Å². The SMILES string of the molecule is CC1(C)CC(N)c2cccc(Cl)c2O1. The summed E-state index contributed by atoms with van der Waals surface area (Å²) in [4.78, 5) is 0. The van der Waals surface area contributed by atoms with E-state index in [0.29, 0.717) is 5.02 Å². The molecule has 1 aliphatic heterocycles. The van der Waals surface area contributed by atoms with Crippen LogP contribution in [0, 0.1) is 0 Å². The minimum absolute atomic E-state index is 0.0208. The molecule has 14 heavy (non-hydrogen) atoms. The fourth-order valence-electron chi connectivity index (χ4n) is 1.88. The smallest absolute Gasteiger partial charge is 0.143 e. The number of fused-ring (bicyclic) bond motifs is 1. The van der Waals surface area contributed by atoms with Crippen LogP contribution < -0.4 is 10.5 Å². The zero-order valence-electron chi connectivity index (χ0n) is 8.38. The highest BCUT2D eigenvalue weighted by Gasteiger charge is 2.32. The predicted molar refractivity (Wildman–Crippen MR) is 57.7 cm³/mol. The summed E-state index contributed by atoms with van der Waals surface area (Å²) in [5.41, 5.74) is 6.84. The lowest BCUT2D eigenvalue weighted by atomic mass is 9.90. The molecule has 1 aromatic carbocycles. The molecule has 1 aliphatic rings. The van der Waals surface area contributed by atoms with Crippen molar-refractivity contribution in [1.82, 2.24) is 0 Å². The molecule has 0 aliphatic carbocycles. The van der Waals surface area contributed by atoms with Crippen molar-refractivity contribution in [1.29, 1.82) is 0 Å². The largest absolute Gasteiger partial charge is 0.486 e. The van der Waals surface area contributed by atoms with Gasteiger partial charge in [-0.3, -0.25) is 0 Å². The highest BCUT2D eigenvalue weighted by atomic mass is 35.5. The van der Waals surface area contributed by atoms with Gasteiger partial charge in [-0.05, 0) is 19.9 Å². The first-order chi connectivity index (χ1) is 6.49. The highest BCUT2D eigenvalue weighted by molar-refractivity contribution is 6.32. The number of ether oxygens (including phenoxy) is 1. The second-order valence-electron chi connectivity index (χ2n) is 4.33. The van der Waals surface area contributed by atoms with Crippen molar-refractivity contribution in [2.45, 2.75) is 31.9 Å².